The minimum Gasteiger partial charge on any atom is -0.489 e. The van der Waals surface area contributed by atoms with E-state index in [4.69, 9.17) is 21.5 Å². The lowest BCUT2D eigenvalue weighted by molar-refractivity contribution is 0.301. The second kappa shape index (κ2) is 6.19. The zero-order valence-corrected chi connectivity index (χ0v) is 12.3. The van der Waals surface area contributed by atoms with Crippen molar-refractivity contribution >= 4 is 17.3 Å². The van der Waals surface area contributed by atoms with Gasteiger partial charge in [0.2, 0.25) is 0 Å². The quantitative estimate of drug-likeness (QED) is 0.673. The molecule has 21 heavy (non-hydrogen) atoms. The Labute approximate surface area is 128 Å². The molecule has 0 saturated carbocycles. The van der Waals surface area contributed by atoms with Crippen molar-refractivity contribution in [1.82, 2.24) is 0 Å². The molecule has 2 aromatic rings. The molecule has 3 rings (SSSR count). The molecule has 3 nitrogen and oxygen atoms in total. The number of oxime groups is 1. The Balaban J connectivity index is 1.83. The van der Waals surface area contributed by atoms with Gasteiger partial charge in [0, 0.05) is 16.1 Å². The van der Waals surface area contributed by atoms with Crippen molar-refractivity contribution in [3.05, 3.63) is 64.2 Å². The summed E-state index contributed by atoms with van der Waals surface area (Å²) in [5.74, 6) is 0.855. The first-order chi connectivity index (χ1) is 10.3. The van der Waals surface area contributed by atoms with E-state index in [1.54, 1.807) is 0 Å². The summed E-state index contributed by atoms with van der Waals surface area (Å²) < 4.78 is 5.94. The van der Waals surface area contributed by atoms with Crippen molar-refractivity contribution in [2.75, 3.05) is 0 Å². The van der Waals surface area contributed by atoms with Gasteiger partial charge in [-0.25, -0.2) is 0 Å². The first kappa shape index (κ1) is 14.0. The fourth-order valence-corrected chi connectivity index (χ4v) is 2.90. The third kappa shape index (κ3) is 3.03. The Hall–Kier alpha value is -2.00. The lowest BCUT2D eigenvalue weighted by Crippen LogP contribution is -2.13. The Bertz CT molecular complexity index is 682. The van der Waals surface area contributed by atoms with Crippen LogP contribution in [0.15, 0.2) is 47.6 Å². The lowest BCUT2D eigenvalue weighted by Gasteiger charge is -2.20. The number of benzene rings is 2. The highest BCUT2D eigenvalue weighted by Gasteiger charge is 2.19. The molecule has 1 N–H and O–H groups in total. The molecule has 1 aliphatic rings. The first-order valence-corrected chi connectivity index (χ1v) is 7.36. The van der Waals surface area contributed by atoms with Crippen LogP contribution in [0.25, 0.3) is 0 Å². The number of nitrogens with zero attached hydrogens (tertiary/aromatic N) is 1. The van der Waals surface area contributed by atoms with Gasteiger partial charge in [-0.3, -0.25) is 0 Å². The molecule has 0 radical (unpaired) electrons. The van der Waals surface area contributed by atoms with E-state index in [1.807, 2.05) is 42.5 Å². The highest BCUT2D eigenvalue weighted by atomic mass is 35.5. The molecular weight excluding hydrogens is 286 g/mol. The third-order valence-electron chi connectivity index (χ3n) is 3.69. The van der Waals surface area contributed by atoms with E-state index in [2.05, 4.69) is 5.16 Å². The average molecular weight is 302 g/mol. The normalized spacial score (nSPS) is 15.8. The number of hydrogen-bond donors (Lipinski definition) is 1. The average Bonchev–Trinajstić information content (AvgIpc) is 2.52. The smallest absolute Gasteiger partial charge is 0.123 e. The summed E-state index contributed by atoms with van der Waals surface area (Å²) in [4.78, 5) is 0. The molecule has 0 spiro atoms. The van der Waals surface area contributed by atoms with E-state index in [1.165, 1.54) is 0 Å². The van der Waals surface area contributed by atoms with Crippen LogP contribution in [0.1, 0.15) is 29.5 Å². The van der Waals surface area contributed by atoms with E-state index in [-0.39, 0.29) is 0 Å². The van der Waals surface area contributed by atoms with E-state index in [0.717, 1.165) is 47.4 Å². The Morgan fingerprint density at radius 3 is 2.81 bits per heavy atom. The molecule has 4 heteroatoms. The van der Waals surface area contributed by atoms with Crippen LogP contribution in [0.3, 0.4) is 0 Å². The van der Waals surface area contributed by atoms with Gasteiger partial charge in [-0.15, -0.1) is 0 Å². The second-order valence-electron chi connectivity index (χ2n) is 5.10. The van der Waals surface area contributed by atoms with Crippen molar-refractivity contribution in [1.29, 1.82) is 0 Å². The van der Waals surface area contributed by atoms with E-state index < -0.39 is 0 Å². The molecule has 108 valence electrons. The second-order valence-corrected chi connectivity index (χ2v) is 5.54. The molecule has 0 unspecified atom stereocenters. The van der Waals surface area contributed by atoms with Crippen LogP contribution < -0.4 is 4.74 Å². The van der Waals surface area contributed by atoms with Gasteiger partial charge in [0.15, 0.2) is 0 Å². The molecular formula is C17H16ClNO2. The maximum absolute atomic E-state index is 9.10. The third-order valence-corrected chi connectivity index (χ3v) is 3.92. The van der Waals surface area contributed by atoms with Gasteiger partial charge >= 0.3 is 0 Å². The van der Waals surface area contributed by atoms with Gasteiger partial charge in [0.1, 0.15) is 12.4 Å². The molecule has 0 aromatic heterocycles. The standard InChI is InChI=1S/C17H16ClNO2/c18-13-5-1-4-12(10-13)11-21-17-9-3-6-14-15(17)7-2-8-16(14)19-20/h1,3-6,9-10,20H,2,7-8,11H2. The molecule has 0 amide bonds. The van der Waals surface area contributed by atoms with E-state index >= 15 is 0 Å². The molecule has 0 aliphatic heterocycles. The fraction of sp³-hybridized carbons (Fsp3) is 0.235. The van der Waals surface area contributed by atoms with Gasteiger partial charge in [-0.05, 0) is 43.0 Å². The van der Waals surface area contributed by atoms with Crippen LogP contribution in [-0.4, -0.2) is 10.9 Å². The van der Waals surface area contributed by atoms with Crippen molar-refractivity contribution in [2.45, 2.75) is 25.9 Å². The number of hydrogen-bond acceptors (Lipinski definition) is 3. The molecule has 2 aromatic carbocycles. The first-order valence-electron chi connectivity index (χ1n) is 6.98. The van der Waals surface area contributed by atoms with Gasteiger partial charge < -0.3 is 9.94 Å². The summed E-state index contributed by atoms with van der Waals surface area (Å²) in [6.45, 7) is 0.475. The Kier molecular flexibility index (Phi) is 4.11. The van der Waals surface area contributed by atoms with Crippen LogP contribution in [-0.2, 0) is 13.0 Å². The molecule has 0 atom stereocenters. The number of fused-ring (bicyclic) bond motifs is 1. The summed E-state index contributed by atoms with van der Waals surface area (Å²) in [6.07, 6.45) is 2.73. The highest BCUT2D eigenvalue weighted by molar-refractivity contribution is 6.30. The van der Waals surface area contributed by atoms with Gasteiger partial charge in [-0.2, -0.15) is 0 Å². The summed E-state index contributed by atoms with van der Waals surface area (Å²) in [5, 5.41) is 13.2. The van der Waals surface area contributed by atoms with Gasteiger partial charge in [0.05, 0.1) is 5.71 Å². The largest absolute Gasteiger partial charge is 0.489 e. The van der Waals surface area contributed by atoms with E-state index in [9.17, 15) is 0 Å². The summed E-state index contributed by atoms with van der Waals surface area (Å²) >= 11 is 5.98. The summed E-state index contributed by atoms with van der Waals surface area (Å²) in [7, 11) is 0. The topological polar surface area (TPSA) is 41.8 Å². The van der Waals surface area contributed by atoms with E-state index in [0.29, 0.717) is 11.6 Å². The SMILES string of the molecule is ON=C1CCCc2c(OCc3cccc(Cl)c3)cccc21. The van der Waals surface area contributed by atoms with Crippen LogP contribution in [0.4, 0.5) is 0 Å². The van der Waals surface area contributed by atoms with Crippen molar-refractivity contribution < 1.29 is 9.94 Å². The molecule has 0 saturated heterocycles. The lowest BCUT2D eigenvalue weighted by atomic mass is 9.89. The van der Waals surface area contributed by atoms with Gasteiger partial charge in [-0.1, -0.05) is 41.0 Å². The number of halogens is 1. The summed E-state index contributed by atoms with van der Waals surface area (Å²) in [6, 6.07) is 13.5. The monoisotopic (exact) mass is 301 g/mol. The zero-order chi connectivity index (χ0) is 14.7. The minimum atomic E-state index is 0.475. The Morgan fingerprint density at radius 2 is 2.00 bits per heavy atom. The molecule has 1 aliphatic carbocycles. The van der Waals surface area contributed by atoms with Crippen LogP contribution in [0.5, 0.6) is 5.75 Å². The summed E-state index contributed by atoms with van der Waals surface area (Å²) in [5.41, 5.74) is 3.89. The number of ether oxygens (including phenoxy) is 1. The highest BCUT2D eigenvalue weighted by Crippen LogP contribution is 2.30. The zero-order valence-electron chi connectivity index (χ0n) is 11.6. The molecule has 0 heterocycles. The maximum atomic E-state index is 9.10. The predicted octanol–water partition coefficient (Wildman–Crippen LogP) is 4.43. The predicted molar refractivity (Wildman–Crippen MR) is 83.5 cm³/mol. The van der Waals surface area contributed by atoms with Crippen LogP contribution >= 0.6 is 11.6 Å². The van der Waals surface area contributed by atoms with Crippen molar-refractivity contribution in [2.24, 2.45) is 5.16 Å². The van der Waals surface area contributed by atoms with Crippen molar-refractivity contribution in [3.8, 4) is 5.75 Å². The number of rotatable bonds is 3. The molecule has 0 fully saturated rings. The van der Waals surface area contributed by atoms with Crippen LogP contribution in [0.2, 0.25) is 5.02 Å². The van der Waals surface area contributed by atoms with Crippen molar-refractivity contribution in [3.63, 3.8) is 0 Å². The maximum Gasteiger partial charge on any atom is 0.123 e. The van der Waals surface area contributed by atoms with Gasteiger partial charge in [0.25, 0.3) is 0 Å². The Morgan fingerprint density at radius 1 is 1.14 bits per heavy atom. The molecule has 0 bridgehead atoms. The minimum absolute atomic E-state index is 0.475. The van der Waals surface area contributed by atoms with Crippen LogP contribution in [0, 0.1) is 0 Å². The fourth-order valence-electron chi connectivity index (χ4n) is 2.69.